The Morgan fingerprint density at radius 1 is 1.37 bits per heavy atom. The standard InChI is InChI=1S/C10H6Cl3N3O3/c1-4-15-6(19-16-4)3-18-10(17)9-8(13)7(12)5(11)2-14-9/h2H,3H2,1H3. The van der Waals surface area contributed by atoms with Crippen molar-refractivity contribution in [2.75, 3.05) is 0 Å². The lowest BCUT2D eigenvalue weighted by Crippen LogP contribution is -2.08. The topological polar surface area (TPSA) is 78.1 Å². The molecule has 2 heterocycles. The minimum Gasteiger partial charge on any atom is -0.451 e. The lowest BCUT2D eigenvalue weighted by atomic mass is 10.3. The van der Waals surface area contributed by atoms with Gasteiger partial charge in [0.15, 0.2) is 18.1 Å². The lowest BCUT2D eigenvalue weighted by molar-refractivity contribution is 0.0423. The van der Waals surface area contributed by atoms with Crippen molar-refractivity contribution in [1.82, 2.24) is 15.1 Å². The maximum absolute atomic E-state index is 11.7. The molecule has 0 fully saturated rings. The molecular formula is C10H6Cl3N3O3. The molecule has 0 bridgehead atoms. The largest absolute Gasteiger partial charge is 0.451 e. The van der Waals surface area contributed by atoms with Crippen molar-refractivity contribution in [3.8, 4) is 0 Å². The second kappa shape index (κ2) is 5.73. The Bertz CT molecular complexity index is 630. The second-order valence-corrected chi connectivity index (χ2v) is 4.56. The van der Waals surface area contributed by atoms with Gasteiger partial charge in [-0.3, -0.25) is 0 Å². The van der Waals surface area contributed by atoms with Gasteiger partial charge in [-0.2, -0.15) is 4.98 Å². The van der Waals surface area contributed by atoms with Crippen LogP contribution in [-0.4, -0.2) is 21.1 Å². The minimum atomic E-state index is -0.764. The fourth-order valence-electron chi connectivity index (χ4n) is 1.18. The van der Waals surface area contributed by atoms with Gasteiger partial charge in [0.25, 0.3) is 5.89 Å². The minimum absolute atomic E-state index is 0.0407. The van der Waals surface area contributed by atoms with Crippen LogP contribution >= 0.6 is 34.8 Å². The number of hydrogen-bond donors (Lipinski definition) is 0. The summed E-state index contributed by atoms with van der Waals surface area (Å²) in [6, 6.07) is 0. The third-order valence-electron chi connectivity index (χ3n) is 2.01. The normalized spacial score (nSPS) is 10.5. The van der Waals surface area contributed by atoms with E-state index in [0.717, 1.165) is 0 Å². The molecule has 0 saturated carbocycles. The van der Waals surface area contributed by atoms with Crippen molar-refractivity contribution < 1.29 is 14.1 Å². The molecule has 2 aromatic heterocycles. The van der Waals surface area contributed by atoms with Crippen LogP contribution in [0.3, 0.4) is 0 Å². The summed E-state index contributed by atoms with van der Waals surface area (Å²) in [6.07, 6.45) is 1.21. The molecule has 0 radical (unpaired) electrons. The van der Waals surface area contributed by atoms with Gasteiger partial charge >= 0.3 is 5.97 Å². The van der Waals surface area contributed by atoms with Crippen LogP contribution in [0.1, 0.15) is 22.2 Å². The number of pyridine rings is 1. The van der Waals surface area contributed by atoms with E-state index in [0.29, 0.717) is 5.82 Å². The maximum Gasteiger partial charge on any atom is 0.359 e. The highest BCUT2D eigenvalue weighted by molar-refractivity contribution is 6.48. The number of rotatable bonds is 3. The summed E-state index contributed by atoms with van der Waals surface area (Å²) < 4.78 is 9.70. The number of halogens is 3. The zero-order chi connectivity index (χ0) is 14.0. The van der Waals surface area contributed by atoms with Crippen molar-refractivity contribution in [3.63, 3.8) is 0 Å². The van der Waals surface area contributed by atoms with Crippen molar-refractivity contribution in [3.05, 3.63) is 38.7 Å². The Morgan fingerprint density at radius 3 is 2.74 bits per heavy atom. The van der Waals surface area contributed by atoms with Crippen LogP contribution in [0.5, 0.6) is 0 Å². The molecule has 0 aliphatic carbocycles. The molecule has 100 valence electrons. The number of esters is 1. The first-order valence-corrected chi connectivity index (χ1v) is 6.08. The van der Waals surface area contributed by atoms with Crippen LogP contribution in [-0.2, 0) is 11.3 Å². The van der Waals surface area contributed by atoms with E-state index in [1.807, 2.05) is 0 Å². The molecule has 0 spiro atoms. The average molecular weight is 323 g/mol. The van der Waals surface area contributed by atoms with Crippen LogP contribution < -0.4 is 0 Å². The van der Waals surface area contributed by atoms with E-state index in [4.69, 9.17) is 44.1 Å². The highest BCUT2D eigenvalue weighted by atomic mass is 35.5. The van der Waals surface area contributed by atoms with E-state index in [2.05, 4.69) is 15.1 Å². The van der Waals surface area contributed by atoms with Gasteiger partial charge in [-0.1, -0.05) is 40.0 Å². The molecule has 0 aromatic carbocycles. The van der Waals surface area contributed by atoms with Gasteiger partial charge in [0.1, 0.15) is 0 Å². The quantitative estimate of drug-likeness (QED) is 0.808. The molecule has 9 heteroatoms. The van der Waals surface area contributed by atoms with Gasteiger partial charge in [-0.15, -0.1) is 0 Å². The van der Waals surface area contributed by atoms with Crippen LogP contribution in [0.4, 0.5) is 0 Å². The second-order valence-electron chi connectivity index (χ2n) is 3.39. The van der Waals surface area contributed by atoms with Gasteiger partial charge in [-0.05, 0) is 6.92 Å². The molecule has 0 N–H and O–H groups in total. The van der Waals surface area contributed by atoms with E-state index in [-0.39, 0.29) is 33.3 Å². The Hall–Kier alpha value is -1.37. The van der Waals surface area contributed by atoms with Gasteiger partial charge in [-0.25, -0.2) is 9.78 Å². The first-order chi connectivity index (χ1) is 8.99. The number of carbonyl (C=O) groups is 1. The third-order valence-corrected chi connectivity index (χ3v) is 3.25. The van der Waals surface area contributed by atoms with Crippen LogP contribution in [0.15, 0.2) is 10.7 Å². The first kappa shape index (κ1) is 14.0. The van der Waals surface area contributed by atoms with Crippen LogP contribution in [0, 0.1) is 6.92 Å². The third kappa shape index (κ3) is 3.15. The Morgan fingerprint density at radius 2 is 2.11 bits per heavy atom. The molecule has 0 atom stereocenters. The zero-order valence-corrected chi connectivity index (χ0v) is 11.8. The lowest BCUT2D eigenvalue weighted by Gasteiger charge is -2.05. The van der Waals surface area contributed by atoms with Crippen molar-refractivity contribution in [2.45, 2.75) is 13.5 Å². The monoisotopic (exact) mass is 321 g/mol. The summed E-state index contributed by atoms with van der Waals surface area (Å²) in [6.45, 7) is 1.46. The Kier molecular flexibility index (Phi) is 4.24. The SMILES string of the molecule is Cc1noc(COC(=O)c2ncc(Cl)c(Cl)c2Cl)n1. The number of hydrogen-bond acceptors (Lipinski definition) is 6. The molecule has 0 aliphatic rings. The van der Waals surface area contributed by atoms with Crippen LogP contribution in [0.2, 0.25) is 15.1 Å². The van der Waals surface area contributed by atoms with E-state index in [9.17, 15) is 4.79 Å². The summed E-state index contributed by atoms with van der Waals surface area (Å²) in [4.78, 5) is 19.4. The first-order valence-electron chi connectivity index (χ1n) is 4.95. The molecular weight excluding hydrogens is 316 g/mol. The number of ether oxygens (including phenoxy) is 1. The highest BCUT2D eigenvalue weighted by Gasteiger charge is 2.19. The predicted molar refractivity (Wildman–Crippen MR) is 67.4 cm³/mol. The van der Waals surface area contributed by atoms with E-state index in [1.165, 1.54) is 6.20 Å². The van der Waals surface area contributed by atoms with Gasteiger partial charge in [0, 0.05) is 6.20 Å². The Labute approximate surface area is 122 Å². The molecule has 0 unspecified atom stereocenters. The van der Waals surface area contributed by atoms with E-state index < -0.39 is 5.97 Å². The van der Waals surface area contributed by atoms with Gasteiger partial charge in [0.05, 0.1) is 15.1 Å². The summed E-state index contributed by atoms with van der Waals surface area (Å²) in [7, 11) is 0. The zero-order valence-electron chi connectivity index (χ0n) is 9.48. The summed E-state index contributed by atoms with van der Waals surface area (Å²) in [5.74, 6) is -0.154. The summed E-state index contributed by atoms with van der Waals surface area (Å²) in [5, 5.41) is 3.67. The van der Waals surface area contributed by atoms with Gasteiger partial charge < -0.3 is 9.26 Å². The fraction of sp³-hybridized carbons (Fsp3) is 0.200. The van der Waals surface area contributed by atoms with Crippen molar-refractivity contribution in [2.24, 2.45) is 0 Å². The van der Waals surface area contributed by atoms with Crippen molar-refractivity contribution in [1.29, 1.82) is 0 Å². The summed E-state index contributed by atoms with van der Waals surface area (Å²) >= 11 is 17.3. The van der Waals surface area contributed by atoms with Crippen molar-refractivity contribution >= 4 is 40.8 Å². The molecule has 0 amide bonds. The van der Waals surface area contributed by atoms with E-state index in [1.54, 1.807) is 6.92 Å². The smallest absolute Gasteiger partial charge is 0.359 e. The highest BCUT2D eigenvalue weighted by Crippen LogP contribution is 2.31. The molecule has 0 saturated heterocycles. The number of aromatic nitrogens is 3. The molecule has 19 heavy (non-hydrogen) atoms. The molecule has 6 nitrogen and oxygen atoms in total. The maximum atomic E-state index is 11.7. The predicted octanol–water partition coefficient (Wildman–Crippen LogP) is 3.09. The molecule has 0 aliphatic heterocycles. The van der Waals surface area contributed by atoms with E-state index >= 15 is 0 Å². The van der Waals surface area contributed by atoms with Gasteiger partial charge in [0.2, 0.25) is 0 Å². The van der Waals surface area contributed by atoms with Crippen LogP contribution in [0.25, 0.3) is 0 Å². The average Bonchev–Trinajstić information content (AvgIpc) is 2.79. The molecule has 2 rings (SSSR count). The number of aryl methyl sites for hydroxylation is 1. The Balaban J connectivity index is 2.10. The number of nitrogens with zero attached hydrogens (tertiary/aromatic N) is 3. The number of carbonyl (C=O) groups excluding carboxylic acids is 1. The fourth-order valence-corrected chi connectivity index (χ4v) is 1.74. The molecule has 2 aromatic rings. The summed E-state index contributed by atoms with van der Waals surface area (Å²) in [5.41, 5.74) is -0.132.